The SMILES string of the molecule is CN1\C(=C/C=C/C=C/C=C2/C(=O)ON=C2c2ccccc2)C(C)(C)c2ccccc21. The summed E-state index contributed by atoms with van der Waals surface area (Å²) in [5.74, 6) is -0.434. The predicted molar refractivity (Wildman–Crippen MR) is 121 cm³/mol. The summed E-state index contributed by atoms with van der Waals surface area (Å²) in [7, 11) is 2.10. The second kappa shape index (κ2) is 7.99. The van der Waals surface area contributed by atoms with Gasteiger partial charge in [0.05, 0.1) is 5.57 Å². The molecule has 2 aliphatic rings. The Bertz CT molecular complexity index is 1120. The largest absolute Gasteiger partial charge is 0.368 e. The highest BCUT2D eigenvalue weighted by Gasteiger charge is 2.37. The van der Waals surface area contributed by atoms with Gasteiger partial charge in [0.15, 0.2) is 0 Å². The Balaban J connectivity index is 1.49. The maximum Gasteiger partial charge on any atom is 0.368 e. The second-order valence-corrected chi connectivity index (χ2v) is 7.79. The van der Waals surface area contributed by atoms with E-state index in [1.165, 1.54) is 16.9 Å². The predicted octanol–water partition coefficient (Wildman–Crippen LogP) is 5.30. The third-order valence-electron chi connectivity index (χ3n) is 5.53. The van der Waals surface area contributed by atoms with E-state index in [0.29, 0.717) is 11.3 Å². The van der Waals surface area contributed by atoms with Crippen LogP contribution in [0, 0.1) is 0 Å². The smallest absolute Gasteiger partial charge is 0.347 e. The lowest BCUT2D eigenvalue weighted by molar-refractivity contribution is -0.136. The normalized spacial score (nSPS) is 20.4. The first-order valence-electron chi connectivity index (χ1n) is 9.94. The molecule has 30 heavy (non-hydrogen) atoms. The Kier molecular flexibility index (Phi) is 5.23. The summed E-state index contributed by atoms with van der Waals surface area (Å²) < 4.78 is 0. The number of anilines is 1. The van der Waals surface area contributed by atoms with Gasteiger partial charge in [0.2, 0.25) is 0 Å². The summed E-state index contributed by atoms with van der Waals surface area (Å²) in [6.07, 6.45) is 11.6. The molecule has 4 rings (SSSR count). The zero-order valence-electron chi connectivity index (χ0n) is 17.4. The standard InChI is InChI=1S/C26H24N2O2/c1-26(2)21-16-11-12-17-22(21)28(3)23(26)18-10-5-4-9-15-20-24(27-30-25(20)29)19-13-7-6-8-14-19/h4-18H,1-3H3/b9-4+,10-5+,20-15+,23-18-. The van der Waals surface area contributed by atoms with Crippen LogP contribution in [0.15, 0.2) is 107 Å². The van der Waals surface area contributed by atoms with Crippen LogP contribution in [0.2, 0.25) is 0 Å². The van der Waals surface area contributed by atoms with Gasteiger partial charge in [-0.1, -0.05) is 91.8 Å². The molecule has 0 unspecified atom stereocenters. The highest BCUT2D eigenvalue weighted by atomic mass is 16.7. The molecule has 2 aromatic rings. The van der Waals surface area contributed by atoms with E-state index in [0.717, 1.165) is 5.56 Å². The van der Waals surface area contributed by atoms with Gasteiger partial charge in [0.25, 0.3) is 0 Å². The fourth-order valence-electron chi connectivity index (χ4n) is 3.96. The molecule has 2 aliphatic heterocycles. The second-order valence-electron chi connectivity index (χ2n) is 7.79. The quantitative estimate of drug-likeness (QED) is 0.400. The maximum atomic E-state index is 12.0. The van der Waals surface area contributed by atoms with Gasteiger partial charge in [-0.05, 0) is 23.8 Å². The van der Waals surface area contributed by atoms with Crippen molar-refractivity contribution in [3.05, 3.63) is 113 Å². The van der Waals surface area contributed by atoms with Gasteiger partial charge in [-0.2, -0.15) is 0 Å². The van der Waals surface area contributed by atoms with Crippen LogP contribution in [0.1, 0.15) is 25.0 Å². The molecule has 2 aromatic carbocycles. The fraction of sp³-hybridized carbons (Fsp3) is 0.154. The van der Waals surface area contributed by atoms with Gasteiger partial charge >= 0.3 is 5.97 Å². The number of fused-ring (bicyclic) bond motifs is 1. The molecule has 0 amide bonds. The molecule has 0 saturated heterocycles. The van der Waals surface area contributed by atoms with Crippen LogP contribution in [0.5, 0.6) is 0 Å². The number of oxime groups is 1. The third kappa shape index (κ3) is 3.52. The van der Waals surface area contributed by atoms with Gasteiger partial charge in [-0.15, -0.1) is 0 Å². The number of hydrogen-bond acceptors (Lipinski definition) is 4. The molecule has 0 aliphatic carbocycles. The minimum atomic E-state index is -0.434. The first kappa shape index (κ1) is 19.6. The van der Waals surface area contributed by atoms with Crippen molar-refractivity contribution in [3.63, 3.8) is 0 Å². The Labute approximate surface area is 177 Å². The third-order valence-corrected chi connectivity index (χ3v) is 5.53. The van der Waals surface area contributed by atoms with E-state index in [-0.39, 0.29) is 5.41 Å². The highest BCUT2D eigenvalue weighted by Crippen LogP contribution is 2.46. The van der Waals surface area contributed by atoms with Gasteiger partial charge in [0.1, 0.15) is 5.71 Å². The van der Waals surface area contributed by atoms with E-state index in [1.807, 2.05) is 54.6 Å². The van der Waals surface area contributed by atoms with Gasteiger partial charge in [-0.3, -0.25) is 0 Å². The van der Waals surface area contributed by atoms with Crippen LogP contribution in [-0.2, 0) is 15.0 Å². The highest BCUT2D eigenvalue weighted by molar-refractivity contribution is 6.28. The minimum absolute atomic E-state index is 0.0456. The molecular weight excluding hydrogens is 372 g/mol. The molecule has 0 bridgehead atoms. The Morgan fingerprint density at radius 1 is 0.900 bits per heavy atom. The summed E-state index contributed by atoms with van der Waals surface area (Å²) >= 11 is 0. The van der Waals surface area contributed by atoms with Crippen molar-refractivity contribution < 1.29 is 9.63 Å². The molecule has 0 aromatic heterocycles. The lowest BCUT2D eigenvalue weighted by atomic mass is 9.84. The summed E-state index contributed by atoms with van der Waals surface area (Å²) in [4.78, 5) is 19.1. The van der Waals surface area contributed by atoms with Crippen LogP contribution in [0.4, 0.5) is 5.69 Å². The first-order chi connectivity index (χ1) is 14.5. The van der Waals surface area contributed by atoms with Crippen molar-refractivity contribution in [2.75, 3.05) is 11.9 Å². The lowest BCUT2D eigenvalue weighted by Gasteiger charge is -2.23. The number of carbonyl (C=O) groups is 1. The van der Waals surface area contributed by atoms with Crippen molar-refractivity contribution in [1.82, 2.24) is 0 Å². The maximum absolute atomic E-state index is 12.0. The summed E-state index contributed by atoms with van der Waals surface area (Å²) in [6.45, 7) is 4.48. The molecule has 4 heteroatoms. The molecule has 0 spiro atoms. The number of rotatable bonds is 4. The van der Waals surface area contributed by atoms with E-state index in [1.54, 1.807) is 6.08 Å². The van der Waals surface area contributed by atoms with E-state index in [9.17, 15) is 4.79 Å². The topological polar surface area (TPSA) is 41.9 Å². The van der Waals surface area contributed by atoms with Crippen LogP contribution in [0.3, 0.4) is 0 Å². The van der Waals surface area contributed by atoms with Crippen molar-refractivity contribution in [1.29, 1.82) is 0 Å². The number of allylic oxidation sites excluding steroid dienone is 7. The molecule has 0 fully saturated rings. The number of para-hydroxylation sites is 1. The monoisotopic (exact) mass is 396 g/mol. The number of nitrogens with zero attached hydrogens (tertiary/aromatic N) is 2. The van der Waals surface area contributed by atoms with Crippen molar-refractivity contribution in [2.24, 2.45) is 5.16 Å². The average molecular weight is 396 g/mol. The van der Waals surface area contributed by atoms with E-state index >= 15 is 0 Å². The summed E-state index contributed by atoms with van der Waals surface area (Å²) in [6, 6.07) is 18.0. The molecule has 0 saturated carbocycles. The van der Waals surface area contributed by atoms with Crippen LogP contribution >= 0.6 is 0 Å². The number of hydrogen-bond donors (Lipinski definition) is 0. The minimum Gasteiger partial charge on any atom is -0.347 e. The van der Waals surface area contributed by atoms with Crippen molar-refractivity contribution in [2.45, 2.75) is 19.3 Å². The van der Waals surface area contributed by atoms with E-state index < -0.39 is 5.97 Å². The van der Waals surface area contributed by atoms with Crippen molar-refractivity contribution in [3.8, 4) is 0 Å². The molecule has 0 atom stereocenters. The van der Waals surface area contributed by atoms with E-state index in [2.05, 4.69) is 61.3 Å². The van der Waals surface area contributed by atoms with Gasteiger partial charge < -0.3 is 9.74 Å². The average Bonchev–Trinajstić information content (AvgIpc) is 3.21. The summed E-state index contributed by atoms with van der Waals surface area (Å²) in [5, 5.41) is 3.91. The molecule has 2 heterocycles. The summed E-state index contributed by atoms with van der Waals surface area (Å²) in [5.41, 5.74) is 5.64. The van der Waals surface area contributed by atoms with E-state index in [4.69, 9.17) is 4.84 Å². The Morgan fingerprint density at radius 2 is 1.57 bits per heavy atom. The number of benzene rings is 2. The lowest BCUT2D eigenvalue weighted by Crippen LogP contribution is -2.22. The zero-order valence-corrected chi connectivity index (χ0v) is 17.4. The van der Waals surface area contributed by atoms with Gasteiger partial charge in [0, 0.05) is 29.4 Å². The zero-order chi connectivity index (χ0) is 21.1. The molecule has 150 valence electrons. The molecule has 4 nitrogen and oxygen atoms in total. The van der Waals surface area contributed by atoms with Gasteiger partial charge in [-0.25, -0.2) is 4.79 Å². The Hall–Kier alpha value is -3.66. The number of likely N-dealkylation sites (N-methyl/N-ethyl adjacent to an activating group) is 1. The van der Waals surface area contributed by atoms with Crippen LogP contribution in [0.25, 0.3) is 0 Å². The fourth-order valence-corrected chi connectivity index (χ4v) is 3.96. The molecule has 0 radical (unpaired) electrons. The Morgan fingerprint density at radius 3 is 2.30 bits per heavy atom. The first-order valence-corrected chi connectivity index (χ1v) is 9.94. The van der Waals surface area contributed by atoms with Crippen molar-refractivity contribution >= 4 is 17.4 Å². The van der Waals surface area contributed by atoms with Crippen LogP contribution < -0.4 is 4.90 Å². The number of carbonyl (C=O) groups excluding carboxylic acids is 1. The van der Waals surface area contributed by atoms with Crippen LogP contribution in [-0.4, -0.2) is 18.7 Å². The molecular formula is C26H24N2O2. The molecule has 0 N–H and O–H groups in total.